The fourth-order valence-corrected chi connectivity index (χ4v) is 7.66. The fourth-order valence-electron chi connectivity index (χ4n) is 7.66. The van der Waals surface area contributed by atoms with Gasteiger partial charge in [-0.3, -0.25) is 9.59 Å². The molecule has 4 aliphatic rings. The molecule has 0 spiro atoms. The van der Waals surface area contributed by atoms with Crippen molar-refractivity contribution in [1.82, 2.24) is 0 Å². The highest BCUT2D eigenvalue weighted by atomic mass is 16.4. The number of fused-ring (bicyclic) bond motifs is 5. The molecule has 0 aromatic rings. The Labute approximate surface area is 150 Å². The van der Waals surface area contributed by atoms with E-state index in [1.165, 1.54) is 0 Å². The average molecular weight is 345 g/mol. The maximum Gasteiger partial charge on any atom is 0.133 e. The standard InChI is InChI=1S/C21H31NO3/c1-12(23)16-6-7-17-15-5-4-13-10-14(24)8-9-20(13,2)19(15)18(22-25)11-21(16,17)3/h13,15-17,19,25H,4-11H2,1-3H3/t13-,15+,16-,17+,19-,20+,21-/m1/s1. The number of oxime groups is 1. The molecule has 1 N–H and O–H groups in total. The molecule has 0 aromatic heterocycles. The van der Waals surface area contributed by atoms with E-state index in [-0.39, 0.29) is 22.7 Å². The highest BCUT2D eigenvalue weighted by molar-refractivity contribution is 5.91. The summed E-state index contributed by atoms with van der Waals surface area (Å²) in [6.07, 6.45) is 7.38. The lowest BCUT2D eigenvalue weighted by molar-refractivity contribution is -0.133. The van der Waals surface area contributed by atoms with Crippen LogP contribution in [-0.2, 0) is 9.59 Å². The number of hydrogen-bond donors (Lipinski definition) is 1. The monoisotopic (exact) mass is 345 g/mol. The van der Waals surface area contributed by atoms with Gasteiger partial charge in [-0.2, -0.15) is 0 Å². The van der Waals surface area contributed by atoms with E-state index in [9.17, 15) is 14.8 Å². The molecule has 25 heavy (non-hydrogen) atoms. The van der Waals surface area contributed by atoms with Crippen LogP contribution in [0.3, 0.4) is 0 Å². The zero-order valence-electron chi connectivity index (χ0n) is 15.8. The van der Waals surface area contributed by atoms with E-state index >= 15 is 0 Å². The van der Waals surface area contributed by atoms with Crippen molar-refractivity contribution in [2.75, 3.05) is 0 Å². The molecule has 4 heteroatoms. The third-order valence-corrected chi connectivity index (χ3v) is 8.80. The van der Waals surface area contributed by atoms with Gasteiger partial charge >= 0.3 is 0 Å². The number of nitrogens with zero attached hydrogens (tertiary/aromatic N) is 1. The Hall–Kier alpha value is -1.19. The minimum absolute atomic E-state index is 0.0533. The van der Waals surface area contributed by atoms with Crippen molar-refractivity contribution < 1.29 is 14.8 Å². The number of rotatable bonds is 1. The maximum atomic E-state index is 12.2. The molecule has 0 heterocycles. The van der Waals surface area contributed by atoms with E-state index < -0.39 is 0 Å². The Balaban J connectivity index is 1.74. The quantitative estimate of drug-likeness (QED) is 0.571. The molecule has 0 bridgehead atoms. The van der Waals surface area contributed by atoms with Crippen LogP contribution < -0.4 is 0 Å². The van der Waals surface area contributed by atoms with Crippen molar-refractivity contribution in [1.29, 1.82) is 0 Å². The van der Waals surface area contributed by atoms with Gasteiger partial charge in [-0.1, -0.05) is 19.0 Å². The zero-order chi connectivity index (χ0) is 18.0. The normalized spacial score (nSPS) is 50.9. The molecule has 7 atom stereocenters. The first-order valence-corrected chi connectivity index (χ1v) is 10.0. The van der Waals surface area contributed by atoms with Crippen molar-refractivity contribution in [2.24, 2.45) is 45.6 Å². The molecule has 0 amide bonds. The average Bonchev–Trinajstić information content (AvgIpc) is 2.91. The summed E-state index contributed by atoms with van der Waals surface area (Å²) in [5.41, 5.74) is 0.939. The Morgan fingerprint density at radius 3 is 2.60 bits per heavy atom. The summed E-state index contributed by atoms with van der Waals surface area (Å²) in [4.78, 5) is 24.3. The molecule has 0 aromatic carbocycles. The third-order valence-electron chi connectivity index (χ3n) is 8.80. The van der Waals surface area contributed by atoms with E-state index in [4.69, 9.17) is 0 Å². The van der Waals surface area contributed by atoms with Gasteiger partial charge in [0.15, 0.2) is 0 Å². The zero-order valence-corrected chi connectivity index (χ0v) is 15.8. The molecule has 0 unspecified atom stereocenters. The highest BCUT2D eigenvalue weighted by Crippen LogP contribution is 2.66. The number of carbonyl (C=O) groups excluding carboxylic acids is 2. The third kappa shape index (κ3) is 2.28. The molecular formula is C21H31NO3. The number of Topliss-reactive ketones (excluding diaryl/α,β-unsaturated/α-hetero) is 2. The second-order valence-electron chi connectivity index (χ2n) is 9.79. The highest BCUT2D eigenvalue weighted by Gasteiger charge is 2.63. The molecule has 4 saturated carbocycles. The first kappa shape index (κ1) is 17.2. The molecule has 138 valence electrons. The van der Waals surface area contributed by atoms with Gasteiger partial charge < -0.3 is 5.21 Å². The van der Waals surface area contributed by atoms with Crippen molar-refractivity contribution in [3.8, 4) is 0 Å². The first-order valence-electron chi connectivity index (χ1n) is 10.0. The smallest absolute Gasteiger partial charge is 0.133 e. The number of ketones is 2. The van der Waals surface area contributed by atoms with E-state index in [0.29, 0.717) is 42.2 Å². The lowest BCUT2D eigenvalue weighted by atomic mass is 9.44. The molecule has 4 nitrogen and oxygen atoms in total. The van der Waals surface area contributed by atoms with Crippen LogP contribution in [0.15, 0.2) is 5.16 Å². The van der Waals surface area contributed by atoms with Crippen LogP contribution in [0, 0.1) is 40.4 Å². The summed E-state index contributed by atoms with van der Waals surface area (Å²) in [5.74, 6) is 2.57. The summed E-state index contributed by atoms with van der Waals surface area (Å²) >= 11 is 0. The summed E-state index contributed by atoms with van der Waals surface area (Å²) < 4.78 is 0. The van der Waals surface area contributed by atoms with Gasteiger partial charge in [0.05, 0.1) is 5.71 Å². The lowest BCUT2D eigenvalue weighted by Crippen LogP contribution is -2.57. The van der Waals surface area contributed by atoms with E-state index in [1.54, 1.807) is 6.92 Å². The molecule has 4 rings (SSSR count). The largest absolute Gasteiger partial charge is 0.411 e. The number of hydrogen-bond acceptors (Lipinski definition) is 4. The lowest BCUT2D eigenvalue weighted by Gasteiger charge is -2.60. The first-order chi connectivity index (χ1) is 11.8. The van der Waals surface area contributed by atoms with Gasteiger partial charge in [0.1, 0.15) is 11.6 Å². The van der Waals surface area contributed by atoms with E-state index in [1.807, 2.05) is 0 Å². The van der Waals surface area contributed by atoms with Crippen molar-refractivity contribution in [3.05, 3.63) is 0 Å². The van der Waals surface area contributed by atoms with E-state index in [0.717, 1.165) is 44.2 Å². The molecule has 0 saturated heterocycles. The Morgan fingerprint density at radius 1 is 1.16 bits per heavy atom. The number of carbonyl (C=O) groups is 2. The van der Waals surface area contributed by atoms with Crippen LogP contribution in [0.1, 0.15) is 72.1 Å². The maximum absolute atomic E-state index is 12.2. The van der Waals surface area contributed by atoms with Gasteiger partial charge in [-0.05, 0) is 74.0 Å². The van der Waals surface area contributed by atoms with Crippen molar-refractivity contribution in [3.63, 3.8) is 0 Å². The van der Waals surface area contributed by atoms with Crippen molar-refractivity contribution >= 4 is 17.3 Å². The van der Waals surface area contributed by atoms with E-state index in [2.05, 4.69) is 19.0 Å². The van der Waals surface area contributed by atoms with Gasteiger partial charge in [0.2, 0.25) is 0 Å². The summed E-state index contributed by atoms with van der Waals surface area (Å²) in [6.45, 7) is 6.33. The summed E-state index contributed by atoms with van der Waals surface area (Å²) in [5, 5.41) is 13.7. The van der Waals surface area contributed by atoms with Crippen LogP contribution >= 0.6 is 0 Å². The predicted molar refractivity (Wildman–Crippen MR) is 95.5 cm³/mol. The molecule has 4 fully saturated rings. The van der Waals surface area contributed by atoms with Gasteiger partial charge in [-0.25, -0.2) is 0 Å². The molecular weight excluding hydrogens is 314 g/mol. The summed E-state index contributed by atoms with van der Waals surface area (Å²) in [7, 11) is 0. The van der Waals surface area contributed by atoms with Crippen LogP contribution in [0.25, 0.3) is 0 Å². The topological polar surface area (TPSA) is 66.7 Å². The minimum atomic E-state index is -0.0533. The van der Waals surface area contributed by atoms with Crippen molar-refractivity contribution in [2.45, 2.75) is 72.1 Å². The van der Waals surface area contributed by atoms with Gasteiger partial charge in [0.25, 0.3) is 0 Å². The van der Waals surface area contributed by atoms with Crippen LogP contribution in [-0.4, -0.2) is 22.5 Å². The Morgan fingerprint density at radius 2 is 1.92 bits per heavy atom. The van der Waals surface area contributed by atoms with Crippen LogP contribution in [0.5, 0.6) is 0 Å². The SMILES string of the molecule is CC(=O)[C@H]1CC[C@H]2[C@@H]3CC[C@@H]4CC(=O)CC[C@]4(C)[C@H]3C(=NO)C[C@]12C. The van der Waals surface area contributed by atoms with Gasteiger partial charge in [0, 0.05) is 24.7 Å². The van der Waals surface area contributed by atoms with Gasteiger partial charge in [-0.15, -0.1) is 0 Å². The minimum Gasteiger partial charge on any atom is -0.411 e. The summed E-state index contributed by atoms with van der Waals surface area (Å²) in [6, 6.07) is 0. The molecule has 4 aliphatic carbocycles. The fraction of sp³-hybridized carbons (Fsp3) is 0.857. The Bertz CT molecular complexity index is 641. The Kier molecular flexibility index (Phi) is 3.90. The van der Waals surface area contributed by atoms with Crippen LogP contribution in [0.4, 0.5) is 0 Å². The molecule has 0 aliphatic heterocycles. The predicted octanol–water partition coefficient (Wildman–Crippen LogP) is 4.24. The second-order valence-corrected chi connectivity index (χ2v) is 9.79. The molecule has 0 radical (unpaired) electrons. The second kappa shape index (κ2) is 5.65. The van der Waals surface area contributed by atoms with Crippen LogP contribution in [0.2, 0.25) is 0 Å².